The molecule has 0 aliphatic carbocycles. The zero-order valence-corrected chi connectivity index (χ0v) is 16.8. The number of hydrogen-bond acceptors (Lipinski definition) is 0. The molecule has 0 spiro atoms. The van der Waals surface area contributed by atoms with E-state index in [1.807, 2.05) is 19.9 Å². The highest BCUT2D eigenvalue weighted by Gasteiger charge is 2.16. The summed E-state index contributed by atoms with van der Waals surface area (Å²) in [4.78, 5) is 0. The molecule has 0 aliphatic heterocycles. The maximum Gasteiger partial charge on any atom is -0.0242 e. The van der Waals surface area contributed by atoms with Crippen molar-refractivity contribution in [1.82, 2.24) is 0 Å². The molecule has 0 heteroatoms. The van der Waals surface area contributed by atoms with Crippen LogP contribution >= 0.6 is 0 Å². The van der Waals surface area contributed by atoms with Crippen LogP contribution in [0.15, 0.2) is 49.1 Å². The number of benzene rings is 1. The van der Waals surface area contributed by atoms with E-state index in [2.05, 4.69) is 72.0 Å². The molecule has 0 N–H and O–H groups in total. The molecular formula is C23H40. The van der Waals surface area contributed by atoms with Gasteiger partial charge in [-0.3, -0.25) is 0 Å². The Labute approximate surface area is 146 Å². The number of aryl methyl sites for hydroxylation is 2. The van der Waals surface area contributed by atoms with Crippen molar-refractivity contribution in [3.63, 3.8) is 0 Å². The van der Waals surface area contributed by atoms with Crippen molar-refractivity contribution in [3.8, 4) is 0 Å². The minimum atomic E-state index is 0.516. The summed E-state index contributed by atoms with van der Waals surface area (Å²) in [5.41, 5.74) is 4.51. The highest BCUT2D eigenvalue weighted by molar-refractivity contribution is 5.21. The molecule has 1 rings (SSSR count). The topological polar surface area (TPSA) is 0 Å². The minimum absolute atomic E-state index is 0.516. The van der Waals surface area contributed by atoms with Crippen LogP contribution in [-0.4, -0.2) is 0 Å². The molecule has 0 amide bonds. The van der Waals surface area contributed by atoms with Crippen LogP contribution in [-0.2, 0) is 6.42 Å². The van der Waals surface area contributed by atoms with E-state index >= 15 is 0 Å². The van der Waals surface area contributed by atoms with Gasteiger partial charge in [0, 0.05) is 0 Å². The Bertz CT molecular complexity index is 404. The first-order valence-electron chi connectivity index (χ1n) is 9.17. The summed E-state index contributed by atoms with van der Waals surface area (Å²) in [5.74, 6) is 0. The lowest BCUT2D eigenvalue weighted by molar-refractivity contribution is 0.302. The summed E-state index contributed by atoms with van der Waals surface area (Å²) in [6.45, 7) is 22.6. The molecule has 0 unspecified atom stereocenters. The molecule has 0 aliphatic rings. The predicted octanol–water partition coefficient (Wildman–Crippen LogP) is 7.92. The van der Waals surface area contributed by atoms with E-state index in [-0.39, 0.29) is 0 Å². The minimum Gasteiger partial charge on any atom is -0.103 e. The lowest BCUT2D eigenvalue weighted by atomic mass is 9.82. The summed E-state index contributed by atoms with van der Waals surface area (Å²) < 4.78 is 0. The molecule has 0 fully saturated rings. The molecule has 23 heavy (non-hydrogen) atoms. The zero-order valence-electron chi connectivity index (χ0n) is 16.8. The van der Waals surface area contributed by atoms with Crippen molar-refractivity contribution >= 4 is 0 Å². The van der Waals surface area contributed by atoms with E-state index < -0.39 is 0 Å². The molecule has 0 saturated heterocycles. The van der Waals surface area contributed by atoms with Crippen molar-refractivity contribution in [1.29, 1.82) is 0 Å². The van der Waals surface area contributed by atoms with Crippen molar-refractivity contribution in [3.05, 3.63) is 60.2 Å². The molecule has 132 valence electrons. The smallest absolute Gasteiger partial charge is 0.0242 e. The third-order valence-corrected chi connectivity index (χ3v) is 4.31. The monoisotopic (exact) mass is 316 g/mol. The number of rotatable bonds is 7. The maximum absolute atomic E-state index is 3.89. The van der Waals surface area contributed by atoms with Crippen LogP contribution in [0, 0.1) is 12.3 Å². The second kappa shape index (κ2) is 14.3. The Morgan fingerprint density at radius 2 is 1.57 bits per heavy atom. The highest BCUT2D eigenvalue weighted by Crippen LogP contribution is 2.29. The Balaban J connectivity index is 0. The lowest BCUT2D eigenvalue weighted by Gasteiger charge is -2.24. The van der Waals surface area contributed by atoms with E-state index in [1.54, 1.807) is 0 Å². The SMILES string of the molecule is C=C(C)CCc1ccc(C)cc1.C=CCC(C)(CC)CC.CC. The van der Waals surface area contributed by atoms with Crippen molar-refractivity contribution in [2.75, 3.05) is 0 Å². The predicted molar refractivity (Wildman–Crippen MR) is 109 cm³/mol. The van der Waals surface area contributed by atoms with Gasteiger partial charge in [-0.05, 0) is 44.1 Å². The van der Waals surface area contributed by atoms with Gasteiger partial charge >= 0.3 is 0 Å². The third kappa shape index (κ3) is 12.9. The lowest BCUT2D eigenvalue weighted by Crippen LogP contribution is -2.11. The van der Waals surface area contributed by atoms with Crippen LogP contribution in [0.4, 0.5) is 0 Å². The molecule has 0 bridgehead atoms. The zero-order chi connectivity index (χ0) is 18.3. The summed E-state index contributed by atoms with van der Waals surface area (Å²) >= 11 is 0. The Kier molecular flexibility index (Phi) is 14.9. The van der Waals surface area contributed by atoms with Crippen LogP contribution in [0.25, 0.3) is 0 Å². The summed E-state index contributed by atoms with van der Waals surface area (Å²) in [5, 5.41) is 0. The molecule has 0 saturated carbocycles. The molecule has 0 heterocycles. The van der Waals surface area contributed by atoms with Crippen molar-refractivity contribution in [2.24, 2.45) is 5.41 Å². The highest BCUT2D eigenvalue weighted by atomic mass is 14.2. The van der Waals surface area contributed by atoms with Gasteiger partial charge in [0.05, 0.1) is 0 Å². The first-order valence-corrected chi connectivity index (χ1v) is 9.17. The molecule has 0 atom stereocenters. The molecule has 1 aromatic rings. The van der Waals surface area contributed by atoms with Crippen LogP contribution < -0.4 is 0 Å². The van der Waals surface area contributed by atoms with E-state index in [0.717, 1.165) is 19.3 Å². The van der Waals surface area contributed by atoms with E-state index in [1.165, 1.54) is 29.5 Å². The fourth-order valence-electron chi connectivity index (χ4n) is 2.00. The van der Waals surface area contributed by atoms with Crippen LogP contribution in [0.5, 0.6) is 0 Å². The normalized spacial score (nSPS) is 9.87. The van der Waals surface area contributed by atoms with Crippen molar-refractivity contribution < 1.29 is 0 Å². The largest absolute Gasteiger partial charge is 0.103 e. The molecule has 0 radical (unpaired) electrons. The second-order valence-electron chi connectivity index (χ2n) is 6.45. The summed E-state index contributed by atoms with van der Waals surface area (Å²) in [6, 6.07) is 8.71. The Hall–Kier alpha value is -1.30. The van der Waals surface area contributed by atoms with Gasteiger partial charge in [0.2, 0.25) is 0 Å². The second-order valence-corrected chi connectivity index (χ2v) is 6.45. The van der Waals surface area contributed by atoms with Gasteiger partial charge in [-0.2, -0.15) is 0 Å². The fourth-order valence-corrected chi connectivity index (χ4v) is 2.00. The number of allylic oxidation sites excluding steroid dienone is 2. The Morgan fingerprint density at radius 3 is 1.87 bits per heavy atom. The average molecular weight is 317 g/mol. The number of hydrogen-bond donors (Lipinski definition) is 0. The van der Waals surface area contributed by atoms with Crippen LogP contribution in [0.2, 0.25) is 0 Å². The maximum atomic E-state index is 3.89. The van der Waals surface area contributed by atoms with Crippen LogP contribution in [0.1, 0.15) is 78.4 Å². The van der Waals surface area contributed by atoms with Gasteiger partial charge in [0.25, 0.3) is 0 Å². The van der Waals surface area contributed by atoms with E-state index in [4.69, 9.17) is 0 Å². The molecular weight excluding hydrogens is 276 g/mol. The van der Waals surface area contributed by atoms with E-state index in [0.29, 0.717) is 5.41 Å². The summed E-state index contributed by atoms with van der Waals surface area (Å²) in [6.07, 6.45) is 7.91. The van der Waals surface area contributed by atoms with Gasteiger partial charge in [-0.1, -0.05) is 88.9 Å². The standard InChI is InChI=1S/C12H16.C9H18.C2H6/c1-10(2)4-7-12-8-5-11(3)6-9-12;1-5-8-9(4,6-2)7-3;1-2/h5-6,8-9H,1,4,7H2,2-3H3;5H,1,6-8H2,2-4H3;1-2H3. The average Bonchev–Trinajstić information content (AvgIpc) is 2.57. The van der Waals surface area contributed by atoms with Gasteiger partial charge in [0.15, 0.2) is 0 Å². The first-order chi connectivity index (χ1) is 10.9. The van der Waals surface area contributed by atoms with Gasteiger partial charge in [0.1, 0.15) is 0 Å². The van der Waals surface area contributed by atoms with Gasteiger partial charge in [-0.15, -0.1) is 13.2 Å². The van der Waals surface area contributed by atoms with Gasteiger partial charge in [-0.25, -0.2) is 0 Å². The molecule has 0 nitrogen and oxygen atoms in total. The van der Waals surface area contributed by atoms with Gasteiger partial charge < -0.3 is 0 Å². The van der Waals surface area contributed by atoms with Crippen molar-refractivity contribution in [2.45, 2.75) is 80.6 Å². The molecule has 0 aromatic heterocycles. The molecule has 1 aromatic carbocycles. The van der Waals surface area contributed by atoms with E-state index in [9.17, 15) is 0 Å². The summed E-state index contributed by atoms with van der Waals surface area (Å²) in [7, 11) is 0. The quantitative estimate of drug-likeness (QED) is 0.448. The first kappa shape index (κ1) is 24.0. The Morgan fingerprint density at radius 1 is 1.09 bits per heavy atom. The fraction of sp³-hybridized carbons (Fsp3) is 0.565. The van der Waals surface area contributed by atoms with Crippen LogP contribution in [0.3, 0.4) is 0 Å². The third-order valence-electron chi connectivity index (χ3n) is 4.31.